The molecule has 1 aromatic heterocycles. The third-order valence-electron chi connectivity index (χ3n) is 5.30. The van der Waals surface area contributed by atoms with Crippen molar-refractivity contribution in [1.29, 1.82) is 0 Å². The Morgan fingerprint density at radius 1 is 1.12 bits per heavy atom. The maximum absolute atomic E-state index is 12.7. The summed E-state index contributed by atoms with van der Waals surface area (Å²) in [6, 6.07) is 7.45. The predicted molar refractivity (Wildman–Crippen MR) is 87.9 cm³/mol. The molecule has 1 aromatic carbocycles. The van der Waals surface area contributed by atoms with Gasteiger partial charge in [-0.25, -0.2) is 9.58 Å². The Balaban J connectivity index is 1.41. The van der Waals surface area contributed by atoms with Gasteiger partial charge in [-0.05, 0) is 24.5 Å². The van der Waals surface area contributed by atoms with Crippen LogP contribution in [0.25, 0.3) is 0 Å². The number of ether oxygens (including phenoxy) is 1. The van der Waals surface area contributed by atoms with Crippen LogP contribution in [-0.4, -0.2) is 38.8 Å². The maximum Gasteiger partial charge on any atom is 0.258 e. The number of amides is 2. The summed E-state index contributed by atoms with van der Waals surface area (Å²) in [5.41, 5.74) is 0.892. The van der Waals surface area contributed by atoms with Gasteiger partial charge in [0.15, 0.2) is 0 Å². The Hall–Kier alpha value is -2.25. The van der Waals surface area contributed by atoms with E-state index in [1.54, 1.807) is 10.7 Å². The quantitative estimate of drug-likeness (QED) is 0.780. The van der Waals surface area contributed by atoms with E-state index in [-0.39, 0.29) is 41.8 Å². The van der Waals surface area contributed by atoms with Gasteiger partial charge in [0, 0.05) is 5.02 Å². The highest BCUT2D eigenvalue weighted by atomic mass is 35.5. The summed E-state index contributed by atoms with van der Waals surface area (Å²) in [6.45, 7) is 0.421. The van der Waals surface area contributed by atoms with Crippen molar-refractivity contribution in [2.24, 2.45) is 11.8 Å². The molecule has 7 nitrogen and oxygen atoms in total. The maximum atomic E-state index is 12.7. The van der Waals surface area contributed by atoms with Gasteiger partial charge in [-0.3, -0.25) is 9.59 Å². The van der Waals surface area contributed by atoms with Gasteiger partial charge < -0.3 is 4.74 Å². The number of aromatic nitrogens is 3. The number of benzene rings is 1. The first-order chi connectivity index (χ1) is 12.1. The Morgan fingerprint density at radius 3 is 2.48 bits per heavy atom. The van der Waals surface area contributed by atoms with Crippen molar-refractivity contribution >= 4 is 29.4 Å². The molecule has 3 aliphatic heterocycles. The van der Waals surface area contributed by atoms with Crippen LogP contribution in [0.3, 0.4) is 0 Å². The summed E-state index contributed by atoms with van der Waals surface area (Å²) >= 11 is 6.16. The molecule has 4 atom stereocenters. The van der Waals surface area contributed by atoms with Gasteiger partial charge in [-0.1, -0.05) is 29.8 Å². The first-order valence-electron chi connectivity index (χ1n) is 8.29. The molecular formula is C17H15ClN4O3. The molecule has 3 saturated heterocycles. The lowest BCUT2D eigenvalue weighted by atomic mass is 9.81. The van der Waals surface area contributed by atoms with E-state index in [1.165, 1.54) is 6.33 Å². The van der Waals surface area contributed by atoms with Crippen molar-refractivity contribution < 1.29 is 14.3 Å². The Morgan fingerprint density at radius 2 is 1.80 bits per heavy atom. The lowest BCUT2D eigenvalue weighted by Gasteiger charge is -2.14. The van der Waals surface area contributed by atoms with E-state index in [2.05, 4.69) is 10.1 Å². The Bertz CT molecular complexity index is 854. The Kier molecular flexibility index (Phi) is 3.23. The fourth-order valence-electron chi connectivity index (χ4n) is 4.17. The molecule has 4 heterocycles. The van der Waals surface area contributed by atoms with Crippen LogP contribution in [0.5, 0.6) is 0 Å². The second-order valence-corrected chi connectivity index (χ2v) is 7.09. The number of rotatable bonds is 3. The number of carbonyl (C=O) groups is 2. The van der Waals surface area contributed by atoms with Crippen molar-refractivity contribution in [3.8, 4) is 0 Å². The fraction of sp³-hybridized carbons (Fsp3) is 0.412. The van der Waals surface area contributed by atoms with Crippen molar-refractivity contribution in [2.75, 3.05) is 4.90 Å². The summed E-state index contributed by atoms with van der Waals surface area (Å²) in [4.78, 5) is 30.8. The van der Waals surface area contributed by atoms with Crippen molar-refractivity contribution in [2.45, 2.75) is 31.6 Å². The van der Waals surface area contributed by atoms with E-state index in [0.29, 0.717) is 11.6 Å². The van der Waals surface area contributed by atoms with Crippen LogP contribution in [0.4, 0.5) is 5.95 Å². The highest BCUT2D eigenvalue weighted by Crippen LogP contribution is 2.48. The second-order valence-electron chi connectivity index (χ2n) is 6.69. The molecule has 0 unspecified atom stereocenters. The van der Waals surface area contributed by atoms with Gasteiger partial charge in [0.2, 0.25) is 11.8 Å². The predicted octanol–water partition coefficient (Wildman–Crippen LogP) is 1.65. The molecule has 0 N–H and O–H groups in total. The van der Waals surface area contributed by atoms with Gasteiger partial charge in [0.05, 0.1) is 30.6 Å². The lowest BCUT2D eigenvalue weighted by molar-refractivity contribution is -0.124. The highest BCUT2D eigenvalue weighted by molar-refractivity contribution is 6.31. The molecule has 2 amide bonds. The molecule has 128 valence electrons. The van der Waals surface area contributed by atoms with Gasteiger partial charge in [0.1, 0.15) is 6.33 Å². The van der Waals surface area contributed by atoms with E-state index in [1.807, 2.05) is 18.2 Å². The number of nitrogens with zero attached hydrogens (tertiary/aromatic N) is 4. The number of carbonyl (C=O) groups excluding carboxylic acids is 2. The number of hydrogen-bond acceptors (Lipinski definition) is 5. The lowest BCUT2D eigenvalue weighted by Crippen LogP contribution is -2.35. The largest absolute Gasteiger partial charge is 0.373 e. The van der Waals surface area contributed by atoms with Crippen LogP contribution in [-0.2, 0) is 20.9 Å². The van der Waals surface area contributed by atoms with Crippen molar-refractivity contribution in [3.05, 3.63) is 41.2 Å². The summed E-state index contributed by atoms with van der Waals surface area (Å²) < 4.78 is 7.31. The minimum Gasteiger partial charge on any atom is -0.373 e. The smallest absolute Gasteiger partial charge is 0.258 e. The molecule has 0 saturated carbocycles. The number of imide groups is 1. The highest BCUT2D eigenvalue weighted by Gasteiger charge is 2.63. The van der Waals surface area contributed by atoms with Gasteiger partial charge in [-0.2, -0.15) is 4.98 Å². The standard InChI is InChI=1S/C17H15ClN4O3/c18-10-4-2-1-3-9(10)7-21-8-19-17(20-21)22-15(23)13-11-5-6-12(25-11)14(13)16(22)24/h1-4,8,11-14H,5-7H2/t11-,12-,13-,14+/m1/s1. The van der Waals surface area contributed by atoms with Crippen molar-refractivity contribution in [1.82, 2.24) is 14.8 Å². The molecule has 3 aliphatic rings. The zero-order valence-corrected chi connectivity index (χ0v) is 14.0. The van der Waals surface area contributed by atoms with Crippen LogP contribution >= 0.6 is 11.6 Å². The average Bonchev–Trinajstić information content (AvgIpc) is 3.35. The number of hydrogen-bond donors (Lipinski definition) is 0. The number of anilines is 1. The minimum absolute atomic E-state index is 0.135. The van der Waals surface area contributed by atoms with Crippen LogP contribution in [0.1, 0.15) is 18.4 Å². The Labute approximate surface area is 148 Å². The van der Waals surface area contributed by atoms with E-state index in [4.69, 9.17) is 16.3 Å². The molecule has 0 radical (unpaired) electrons. The van der Waals surface area contributed by atoms with Crippen LogP contribution < -0.4 is 4.90 Å². The normalized spacial score (nSPS) is 30.4. The third kappa shape index (κ3) is 2.15. The number of fused-ring (bicyclic) bond motifs is 5. The molecule has 8 heteroatoms. The van der Waals surface area contributed by atoms with E-state index in [0.717, 1.165) is 23.3 Å². The molecular weight excluding hydrogens is 344 g/mol. The summed E-state index contributed by atoms with van der Waals surface area (Å²) in [7, 11) is 0. The van der Waals surface area contributed by atoms with Crippen LogP contribution in [0, 0.1) is 11.8 Å². The molecule has 5 rings (SSSR count). The third-order valence-corrected chi connectivity index (χ3v) is 5.67. The summed E-state index contributed by atoms with van der Waals surface area (Å²) in [5.74, 6) is -1.09. The molecule has 3 fully saturated rings. The molecule has 2 aromatic rings. The van der Waals surface area contributed by atoms with E-state index >= 15 is 0 Å². The molecule has 2 bridgehead atoms. The SMILES string of the molecule is O=C1[C@@H]2[C@H](C(=O)N1c1ncn(Cc3ccccc3Cl)n1)[C@H]1CC[C@H]2O1. The van der Waals surface area contributed by atoms with E-state index < -0.39 is 0 Å². The number of halogens is 1. The molecule has 25 heavy (non-hydrogen) atoms. The van der Waals surface area contributed by atoms with Crippen molar-refractivity contribution in [3.63, 3.8) is 0 Å². The summed E-state index contributed by atoms with van der Waals surface area (Å²) in [6.07, 6.45) is 2.92. The summed E-state index contributed by atoms with van der Waals surface area (Å²) in [5, 5.41) is 4.95. The average molecular weight is 359 g/mol. The van der Waals surface area contributed by atoms with Gasteiger partial charge in [-0.15, -0.1) is 5.10 Å². The zero-order chi connectivity index (χ0) is 17.1. The minimum atomic E-state index is -0.373. The van der Waals surface area contributed by atoms with Crippen LogP contribution in [0.2, 0.25) is 5.02 Å². The van der Waals surface area contributed by atoms with Crippen LogP contribution in [0.15, 0.2) is 30.6 Å². The van der Waals surface area contributed by atoms with Gasteiger partial charge in [0.25, 0.3) is 5.95 Å². The second kappa shape index (κ2) is 5.37. The topological polar surface area (TPSA) is 77.3 Å². The first-order valence-corrected chi connectivity index (χ1v) is 8.67. The first kappa shape index (κ1) is 15.0. The van der Waals surface area contributed by atoms with E-state index in [9.17, 15) is 9.59 Å². The monoisotopic (exact) mass is 358 g/mol. The zero-order valence-electron chi connectivity index (χ0n) is 13.2. The molecule has 0 aliphatic carbocycles. The molecule has 0 spiro atoms. The fourth-order valence-corrected chi connectivity index (χ4v) is 4.37. The van der Waals surface area contributed by atoms with Gasteiger partial charge >= 0.3 is 0 Å².